The number of aliphatic imine (C=N–C) groups is 1. The molecule has 3 atom stereocenters. The van der Waals surface area contributed by atoms with Crippen molar-refractivity contribution in [3.8, 4) is 0 Å². The highest BCUT2D eigenvalue weighted by Gasteiger charge is 2.39. The normalized spacial score (nSPS) is 31.8. The summed E-state index contributed by atoms with van der Waals surface area (Å²) >= 11 is 0. The third kappa shape index (κ3) is 8.08. The summed E-state index contributed by atoms with van der Waals surface area (Å²) in [7, 11) is 5.98. The maximum absolute atomic E-state index is 5.35. The quantitative estimate of drug-likeness (QED) is 0.555. The fraction of sp³-hybridized carbons (Fsp3) is 0.957. The second-order valence-corrected chi connectivity index (χ2v) is 8.87. The molecule has 26 heavy (non-hydrogen) atoms. The van der Waals surface area contributed by atoms with Gasteiger partial charge in [0.2, 0.25) is 0 Å². The molecular formula is C23H44N2O. The van der Waals surface area contributed by atoms with Crippen molar-refractivity contribution in [3.63, 3.8) is 0 Å². The number of fused-ring (bicyclic) bond motifs is 2. The van der Waals surface area contributed by atoms with Crippen molar-refractivity contribution >= 4 is 5.71 Å². The molecule has 0 radical (unpaired) electrons. The molecule has 1 heterocycles. The van der Waals surface area contributed by atoms with E-state index in [1.54, 1.807) is 0 Å². The van der Waals surface area contributed by atoms with E-state index in [-0.39, 0.29) is 0 Å². The van der Waals surface area contributed by atoms with Crippen LogP contribution in [0.2, 0.25) is 0 Å². The molecule has 3 unspecified atom stereocenters. The monoisotopic (exact) mass is 364 g/mol. The first-order valence-electron chi connectivity index (χ1n) is 11.4. The minimum Gasteiger partial charge on any atom is -0.381 e. The van der Waals surface area contributed by atoms with E-state index < -0.39 is 0 Å². The Morgan fingerprint density at radius 1 is 0.846 bits per heavy atom. The number of hydrogen-bond acceptors (Lipinski definition) is 3. The third-order valence-corrected chi connectivity index (χ3v) is 6.80. The van der Waals surface area contributed by atoms with E-state index in [9.17, 15) is 0 Å². The Morgan fingerprint density at radius 2 is 1.46 bits per heavy atom. The predicted molar refractivity (Wildman–Crippen MR) is 113 cm³/mol. The van der Waals surface area contributed by atoms with Crippen LogP contribution in [0.5, 0.6) is 0 Å². The summed E-state index contributed by atoms with van der Waals surface area (Å²) in [6, 6.07) is 0. The summed E-state index contributed by atoms with van der Waals surface area (Å²) in [5.74, 6) is 1.96. The zero-order valence-electron chi connectivity index (χ0n) is 17.8. The standard InChI is InChI=1S/C8H15N.C8H14O.C7H15N/c1-9-8-6-4-2-3-5-7-8;1-9-8-5-6-2-3-7(8)4-6;1-8-6-4-2-3-5-7-8/h2-7H2,1H3;6-8H,2-5H2,1H3;2-7H2,1H3. The van der Waals surface area contributed by atoms with Crippen molar-refractivity contribution < 1.29 is 4.74 Å². The molecule has 4 rings (SSSR count). The molecule has 0 aromatic carbocycles. The molecule has 3 nitrogen and oxygen atoms in total. The van der Waals surface area contributed by atoms with Gasteiger partial charge in [-0.05, 0) is 96.2 Å². The van der Waals surface area contributed by atoms with Gasteiger partial charge in [0, 0.05) is 19.9 Å². The van der Waals surface area contributed by atoms with Crippen LogP contribution in [0.3, 0.4) is 0 Å². The van der Waals surface area contributed by atoms with Gasteiger partial charge >= 0.3 is 0 Å². The number of nitrogens with zero attached hydrogens (tertiary/aromatic N) is 2. The Labute approximate surface area is 163 Å². The molecule has 1 saturated heterocycles. The van der Waals surface area contributed by atoms with Gasteiger partial charge in [0.05, 0.1) is 6.10 Å². The largest absolute Gasteiger partial charge is 0.381 e. The van der Waals surface area contributed by atoms with Crippen LogP contribution < -0.4 is 0 Å². The Balaban J connectivity index is 0.000000141. The lowest BCUT2D eigenvalue weighted by Gasteiger charge is -2.19. The van der Waals surface area contributed by atoms with Gasteiger partial charge in [-0.15, -0.1) is 0 Å². The molecule has 0 amide bonds. The second kappa shape index (κ2) is 12.9. The van der Waals surface area contributed by atoms with Gasteiger partial charge in [0.1, 0.15) is 0 Å². The zero-order chi connectivity index (χ0) is 18.6. The smallest absolute Gasteiger partial charge is 0.0602 e. The number of hydrogen-bond donors (Lipinski definition) is 0. The van der Waals surface area contributed by atoms with Crippen molar-refractivity contribution in [3.05, 3.63) is 0 Å². The summed E-state index contributed by atoms with van der Waals surface area (Å²) < 4.78 is 5.35. The highest BCUT2D eigenvalue weighted by atomic mass is 16.5. The van der Waals surface area contributed by atoms with Crippen LogP contribution in [0.15, 0.2) is 4.99 Å². The predicted octanol–water partition coefficient (Wildman–Crippen LogP) is 5.73. The Hall–Kier alpha value is -0.410. The van der Waals surface area contributed by atoms with E-state index >= 15 is 0 Å². The number of methoxy groups -OCH3 is 1. The molecule has 0 aromatic rings. The molecule has 0 spiro atoms. The first-order chi connectivity index (χ1) is 12.7. The first-order valence-corrected chi connectivity index (χ1v) is 11.4. The number of rotatable bonds is 1. The van der Waals surface area contributed by atoms with Gasteiger partial charge in [0.25, 0.3) is 0 Å². The van der Waals surface area contributed by atoms with E-state index in [2.05, 4.69) is 16.9 Å². The van der Waals surface area contributed by atoms with E-state index in [0.717, 1.165) is 11.8 Å². The lowest BCUT2D eigenvalue weighted by molar-refractivity contribution is 0.0572. The Kier molecular flexibility index (Phi) is 10.8. The summed E-state index contributed by atoms with van der Waals surface area (Å²) in [6.45, 7) is 2.64. The topological polar surface area (TPSA) is 24.8 Å². The van der Waals surface area contributed by atoms with Gasteiger partial charge in [-0.2, -0.15) is 0 Å². The van der Waals surface area contributed by atoms with Crippen LogP contribution in [0.1, 0.15) is 89.9 Å². The van der Waals surface area contributed by atoms with Crippen LogP contribution >= 0.6 is 0 Å². The molecule has 3 saturated carbocycles. The summed E-state index contributed by atoms with van der Waals surface area (Å²) in [5, 5.41) is 0. The molecule has 4 fully saturated rings. The van der Waals surface area contributed by atoms with Gasteiger partial charge in [-0.3, -0.25) is 4.99 Å². The van der Waals surface area contributed by atoms with E-state index in [1.807, 2.05) is 14.2 Å². The van der Waals surface area contributed by atoms with Crippen LogP contribution in [0.25, 0.3) is 0 Å². The maximum atomic E-state index is 5.35. The Bertz CT molecular complexity index is 378. The highest BCUT2D eigenvalue weighted by Crippen LogP contribution is 2.45. The van der Waals surface area contributed by atoms with Crippen LogP contribution in [-0.2, 0) is 4.74 Å². The third-order valence-electron chi connectivity index (χ3n) is 6.80. The molecule has 4 aliphatic rings. The number of ether oxygens (including phenoxy) is 1. The molecule has 3 aliphatic carbocycles. The zero-order valence-corrected chi connectivity index (χ0v) is 17.8. The summed E-state index contributed by atoms with van der Waals surface area (Å²) in [6.07, 6.45) is 20.2. The first kappa shape index (κ1) is 21.9. The van der Waals surface area contributed by atoms with Gasteiger partial charge in [-0.25, -0.2) is 0 Å². The van der Waals surface area contributed by atoms with E-state index in [0.29, 0.717) is 6.10 Å². The minimum atomic E-state index is 0.628. The second-order valence-electron chi connectivity index (χ2n) is 8.87. The molecule has 0 aromatic heterocycles. The molecule has 0 N–H and O–H groups in total. The molecule has 3 heteroatoms. The Morgan fingerprint density at radius 3 is 1.88 bits per heavy atom. The summed E-state index contributed by atoms with van der Waals surface area (Å²) in [5.41, 5.74) is 1.44. The fourth-order valence-corrected chi connectivity index (χ4v) is 5.06. The lowest BCUT2D eigenvalue weighted by atomic mass is 9.98. The average molecular weight is 365 g/mol. The van der Waals surface area contributed by atoms with Crippen molar-refractivity contribution in [2.75, 3.05) is 34.3 Å². The van der Waals surface area contributed by atoms with Gasteiger partial charge in [0.15, 0.2) is 0 Å². The van der Waals surface area contributed by atoms with Crippen LogP contribution in [0.4, 0.5) is 0 Å². The van der Waals surface area contributed by atoms with Crippen LogP contribution in [0, 0.1) is 11.8 Å². The molecule has 2 bridgehead atoms. The maximum Gasteiger partial charge on any atom is 0.0602 e. The van der Waals surface area contributed by atoms with E-state index in [4.69, 9.17) is 4.74 Å². The van der Waals surface area contributed by atoms with Crippen molar-refractivity contribution in [1.29, 1.82) is 0 Å². The average Bonchev–Trinajstić information content (AvgIpc) is 3.08. The molecule has 1 aliphatic heterocycles. The van der Waals surface area contributed by atoms with Crippen molar-refractivity contribution in [1.82, 2.24) is 4.90 Å². The van der Waals surface area contributed by atoms with Gasteiger partial charge < -0.3 is 9.64 Å². The van der Waals surface area contributed by atoms with Crippen molar-refractivity contribution in [2.24, 2.45) is 16.8 Å². The van der Waals surface area contributed by atoms with E-state index in [1.165, 1.54) is 109 Å². The summed E-state index contributed by atoms with van der Waals surface area (Å²) in [4.78, 5) is 6.65. The van der Waals surface area contributed by atoms with Gasteiger partial charge in [-0.1, -0.05) is 25.7 Å². The molecule has 152 valence electrons. The SMILES string of the molecule is CN1CCCCCC1.CN=C1CCCCCC1.COC1CC2CCC1C2. The van der Waals surface area contributed by atoms with Crippen molar-refractivity contribution in [2.45, 2.75) is 96.0 Å². The lowest BCUT2D eigenvalue weighted by Crippen LogP contribution is -2.18. The highest BCUT2D eigenvalue weighted by molar-refractivity contribution is 5.84. The number of likely N-dealkylation sites (tertiary alicyclic amines) is 1. The fourth-order valence-electron chi connectivity index (χ4n) is 5.06. The van der Waals surface area contributed by atoms with Crippen LogP contribution in [-0.4, -0.2) is 51.0 Å². The minimum absolute atomic E-state index is 0.628. The molecular weight excluding hydrogens is 320 g/mol.